The highest BCUT2D eigenvalue weighted by Crippen LogP contribution is 2.37. The highest BCUT2D eigenvalue weighted by molar-refractivity contribution is 5.89. The number of methoxy groups -OCH3 is 1. The average molecular weight is 675 g/mol. The molecule has 266 valence electrons. The van der Waals surface area contributed by atoms with Crippen molar-refractivity contribution in [1.82, 2.24) is 5.32 Å². The van der Waals surface area contributed by atoms with E-state index in [9.17, 15) is 45.3 Å². The topological polar surface area (TPSA) is 291 Å². The fraction of sp³-hybridized carbons (Fsp3) is 0.690. The molecule has 0 aliphatic carbocycles. The number of guanidine groups is 1. The van der Waals surface area contributed by atoms with Gasteiger partial charge in [0.15, 0.2) is 18.4 Å². The van der Waals surface area contributed by atoms with Gasteiger partial charge in [0.05, 0.1) is 69.1 Å². The van der Waals surface area contributed by atoms with E-state index in [1.807, 2.05) is 0 Å². The Balaban J connectivity index is 1.97. The number of carbonyl (C=O) groups is 2. The zero-order chi connectivity index (χ0) is 34.9. The summed E-state index contributed by atoms with van der Waals surface area (Å²) in [6.07, 6.45) is -2.98. The maximum atomic E-state index is 12.8. The van der Waals surface area contributed by atoms with Crippen LogP contribution in [0.15, 0.2) is 41.6 Å². The number of ether oxygens (including phenoxy) is 4. The Bertz CT molecular complexity index is 1170. The number of nitrogens with one attached hydrogen (secondary N) is 2. The molecule has 18 nitrogen and oxygen atoms in total. The van der Waals surface area contributed by atoms with Crippen molar-refractivity contribution in [2.75, 3.05) is 53.1 Å². The largest absolute Gasteiger partial charge is 0.550 e. The minimum atomic E-state index is -3.12. The van der Waals surface area contributed by atoms with Crippen LogP contribution in [0.5, 0.6) is 0 Å². The number of nitrogens with two attached hydrogens (primary N) is 1. The molecule has 0 aromatic carbocycles. The number of hydrogen-bond donors (Lipinski definition) is 10. The molecule has 0 amide bonds. The molecular formula is C29H46N4O14. The molecule has 0 saturated carbocycles. The molecule has 0 aromatic rings. The number of carbonyl (C=O) groups excluding carboxylic acids is 2. The second-order valence-corrected chi connectivity index (χ2v) is 11.6. The number of carboxylic acid groups (broad SMARTS) is 1. The predicted molar refractivity (Wildman–Crippen MR) is 157 cm³/mol. The third-order valence-electron chi connectivity index (χ3n) is 8.52. The zero-order valence-corrected chi connectivity index (χ0v) is 26.0. The number of piperidine rings is 1. The molecular weight excluding hydrogens is 628 g/mol. The minimum Gasteiger partial charge on any atom is -0.550 e. The molecule has 3 rings (SSSR count). The fourth-order valence-corrected chi connectivity index (χ4v) is 5.97. The van der Waals surface area contributed by atoms with Gasteiger partial charge >= 0.3 is 5.97 Å². The van der Waals surface area contributed by atoms with Crippen LogP contribution in [-0.4, -0.2) is 149 Å². The molecule has 3 aliphatic heterocycles. The molecule has 3 heterocycles. The lowest BCUT2D eigenvalue weighted by Gasteiger charge is -2.46. The second kappa shape index (κ2) is 17.3. The second-order valence-electron chi connectivity index (χ2n) is 11.6. The van der Waals surface area contributed by atoms with Crippen LogP contribution in [-0.2, 0) is 28.5 Å². The van der Waals surface area contributed by atoms with Crippen LogP contribution in [0.4, 0.5) is 0 Å². The van der Waals surface area contributed by atoms with Crippen LogP contribution in [0.3, 0.4) is 0 Å². The van der Waals surface area contributed by atoms with Crippen molar-refractivity contribution in [1.29, 1.82) is 0 Å². The maximum absolute atomic E-state index is 12.8. The summed E-state index contributed by atoms with van der Waals surface area (Å²) in [5, 5.41) is 84.6. The molecule has 11 unspecified atom stereocenters. The smallest absolute Gasteiger partial charge is 0.337 e. The number of hydrogen-bond acceptors (Lipinski definition) is 15. The number of esters is 1. The first kappa shape index (κ1) is 38.3. The van der Waals surface area contributed by atoms with Crippen molar-refractivity contribution in [3.8, 4) is 0 Å². The van der Waals surface area contributed by atoms with Gasteiger partial charge in [0.2, 0.25) is 12.1 Å². The van der Waals surface area contributed by atoms with Gasteiger partial charge in [0.1, 0.15) is 18.8 Å². The van der Waals surface area contributed by atoms with E-state index in [1.165, 1.54) is 6.08 Å². The van der Waals surface area contributed by atoms with Gasteiger partial charge < -0.3 is 80.5 Å². The van der Waals surface area contributed by atoms with Gasteiger partial charge in [-0.2, -0.15) is 0 Å². The normalized spacial score (nSPS) is 35.9. The molecule has 0 aromatic heterocycles. The Morgan fingerprint density at radius 2 is 1.91 bits per heavy atom. The van der Waals surface area contributed by atoms with Crippen LogP contribution >= 0.6 is 0 Å². The molecule has 0 bridgehead atoms. The molecule has 2 fully saturated rings. The van der Waals surface area contributed by atoms with Crippen LogP contribution < -0.4 is 21.1 Å². The number of carboxylic acids is 1. The van der Waals surface area contributed by atoms with Gasteiger partial charge in [-0.1, -0.05) is 18.2 Å². The number of likely N-dealkylation sites (tertiary alicyclic amines) is 1. The molecule has 11 N–H and O–H groups in total. The number of allylic oxidation sites excluding steroid dienone is 1. The monoisotopic (exact) mass is 674 g/mol. The Morgan fingerprint density at radius 1 is 1.19 bits per heavy atom. The van der Waals surface area contributed by atoms with Gasteiger partial charge in [0.25, 0.3) is 0 Å². The Hall–Kier alpha value is -3.17. The van der Waals surface area contributed by atoms with Gasteiger partial charge in [-0.15, -0.1) is 6.58 Å². The molecule has 18 heteroatoms. The quantitative estimate of drug-likeness (QED) is 0.0204. The summed E-state index contributed by atoms with van der Waals surface area (Å²) in [4.78, 5) is 30.0. The Kier molecular flexibility index (Phi) is 14.1. The van der Waals surface area contributed by atoms with E-state index in [0.29, 0.717) is 13.0 Å². The number of aliphatic hydroxyl groups excluding tert-OH is 5. The summed E-state index contributed by atoms with van der Waals surface area (Å²) >= 11 is 0. The fourth-order valence-electron chi connectivity index (χ4n) is 5.97. The van der Waals surface area contributed by atoms with Gasteiger partial charge in [0, 0.05) is 25.0 Å². The average Bonchev–Trinajstić information content (AvgIpc) is 3.04. The lowest BCUT2D eigenvalue weighted by Crippen LogP contribution is -3.16. The van der Waals surface area contributed by atoms with Gasteiger partial charge in [-0.3, -0.25) is 4.99 Å². The zero-order valence-electron chi connectivity index (χ0n) is 26.0. The summed E-state index contributed by atoms with van der Waals surface area (Å²) in [5.41, 5.74) is 6.06. The van der Waals surface area contributed by atoms with Gasteiger partial charge in [-0.25, -0.2) is 4.79 Å². The van der Waals surface area contributed by atoms with Crippen molar-refractivity contribution in [3.63, 3.8) is 0 Å². The number of quaternary nitrogens is 1. The van der Waals surface area contributed by atoms with Crippen molar-refractivity contribution in [2.45, 2.75) is 49.1 Å². The number of aliphatic carboxylic acids is 1. The van der Waals surface area contributed by atoms with Crippen molar-refractivity contribution >= 4 is 17.9 Å². The number of aliphatic hydroxyl groups is 7. The Morgan fingerprint density at radius 3 is 2.51 bits per heavy atom. The molecule has 11 atom stereocenters. The van der Waals surface area contributed by atoms with E-state index in [4.69, 9.17) is 29.8 Å². The first-order valence-electron chi connectivity index (χ1n) is 15.1. The third-order valence-corrected chi connectivity index (χ3v) is 8.52. The number of rotatable bonds is 14. The maximum Gasteiger partial charge on any atom is 0.337 e. The summed E-state index contributed by atoms with van der Waals surface area (Å²) in [5.74, 6) is -8.75. The van der Waals surface area contributed by atoms with Crippen molar-refractivity contribution < 1.29 is 74.3 Å². The lowest BCUT2D eigenvalue weighted by atomic mass is 9.79. The van der Waals surface area contributed by atoms with Crippen LogP contribution in [0.25, 0.3) is 0 Å². The Labute approximate surface area is 271 Å². The molecule has 3 aliphatic rings. The van der Waals surface area contributed by atoms with Gasteiger partial charge in [-0.05, 0) is 6.42 Å². The number of nitrogens with zero attached hydrogens (tertiary/aromatic N) is 1. The van der Waals surface area contributed by atoms with E-state index >= 15 is 0 Å². The van der Waals surface area contributed by atoms with E-state index in [0.717, 1.165) is 18.3 Å². The van der Waals surface area contributed by atoms with E-state index < -0.39 is 84.9 Å². The van der Waals surface area contributed by atoms with E-state index in [-0.39, 0.29) is 44.4 Å². The summed E-state index contributed by atoms with van der Waals surface area (Å²) in [6.45, 7) is 3.56. The van der Waals surface area contributed by atoms with Crippen molar-refractivity contribution in [3.05, 3.63) is 36.6 Å². The summed E-state index contributed by atoms with van der Waals surface area (Å²) < 4.78 is 21.7. The first-order chi connectivity index (χ1) is 22.3. The van der Waals surface area contributed by atoms with Crippen LogP contribution in [0, 0.1) is 23.7 Å². The molecule has 2 saturated heterocycles. The van der Waals surface area contributed by atoms with Crippen LogP contribution in [0.2, 0.25) is 0 Å². The highest BCUT2D eigenvalue weighted by Gasteiger charge is 2.56. The standard InChI is InChI=1S/C29H46N4O14/c1-3-16-17(6-5-15-11-33(8-10-35)12-18(24(39)40)21(15)32-28(30)31-7-4-9-34)19(25(41)44-2)14-45-26(16)47-27-23(38)29(42,43)22(37)20(13-36)46-27/h3,5-6,14-18,20-23,26-27,34-38,42-43H,1,4,7-13H2,2H3,(H,39,40)(H3,30,31,32). The molecule has 0 spiro atoms. The number of aliphatic imine (C=N–C) groups is 1. The highest BCUT2D eigenvalue weighted by atomic mass is 16.8. The molecule has 47 heavy (non-hydrogen) atoms. The third kappa shape index (κ3) is 9.05. The van der Waals surface area contributed by atoms with E-state index in [1.54, 1.807) is 12.2 Å². The minimum absolute atomic E-state index is 0.0161. The summed E-state index contributed by atoms with van der Waals surface area (Å²) in [7, 11) is 1.16. The predicted octanol–water partition coefficient (Wildman–Crippen LogP) is -6.96. The summed E-state index contributed by atoms with van der Waals surface area (Å²) in [6, 6.07) is -0.828. The lowest BCUT2D eigenvalue weighted by molar-refractivity contribution is -0.911. The van der Waals surface area contributed by atoms with Crippen molar-refractivity contribution in [2.24, 2.45) is 34.4 Å². The first-order valence-corrected chi connectivity index (χ1v) is 15.1. The SMILES string of the molecule is C=CC1C(OC2OC(CO)C(O)C(O)(O)C2O)OC=C(C(=O)OC)C1C=CC1C[NH+](CCO)CC(C(=O)[O-])C1NC(N)=NCCCO. The molecule has 0 radical (unpaired) electrons. The van der Waals surface area contributed by atoms with Crippen LogP contribution in [0.1, 0.15) is 6.42 Å². The van der Waals surface area contributed by atoms with E-state index in [2.05, 4.69) is 16.9 Å².